The highest BCUT2D eigenvalue weighted by atomic mass is 16.2. The van der Waals surface area contributed by atoms with Gasteiger partial charge in [0.15, 0.2) is 0 Å². The summed E-state index contributed by atoms with van der Waals surface area (Å²) >= 11 is 0. The number of piperazine rings is 1. The average molecular weight is 512 g/mol. The molecule has 3 fully saturated rings. The normalized spacial score (nSPS) is 19.3. The molecule has 0 bridgehead atoms. The molecular weight excluding hydrogens is 478 g/mol. The number of benzene rings is 2. The predicted molar refractivity (Wildman–Crippen MR) is 148 cm³/mol. The molecular formula is C29H33N7O2. The van der Waals surface area contributed by atoms with Gasteiger partial charge >= 0.3 is 0 Å². The van der Waals surface area contributed by atoms with E-state index in [1.807, 2.05) is 47.4 Å². The molecule has 1 atom stereocenters. The number of rotatable bonds is 7. The SMILES string of the molecule is O=C(Nc1ccc(-c2ccnc(Nc3ccc(N4CCN(C(=O)[C@H]5CCCN5)CC4)cc3)n2)cc1)C1CC1. The first kappa shape index (κ1) is 24.4. The third-order valence-electron chi connectivity index (χ3n) is 7.49. The quantitative estimate of drug-likeness (QED) is 0.445. The zero-order valence-corrected chi connectivity index (χ0v) is 21.4. The minimum Gasteiger partial charge on any atom is -0.368 e. The fourth-order valence-electron chi connectivity index (χ4n) is 5.08. The Morgan fingerprint density at radius 3 is 2.29 bits per heavy atom. The van der Waals surface area contributed by atoms with Gasteiger partial charge in [0.05, 0.1) is 11.7 Å². The molecule has 1 saturated carbocycles. The zero-order valence-electron chi connectivity index (χ0n) is 21.4. The van der Waals surface area contributed by atoms with Crippen LogP contribution < -0.4 is 20.9 Å². The molecule has 0 radical (unpaired) electrons. The Bertz CT molecular complexity index is 1280. The van der Waals surface area contributed by atoms with Crippen molar-refractivity contribution in [2.45, 2.75) is 31.7 Å². The van der Waals surface area contributed by atoms with Gasteiger partial charge in [-0.1, -0.05) is 12.1 Å². The second kappa shape index (κ2) is 10.8. The summed E-state index contributed by atoms with van der Waals surface area (Å²) in [5.41, 5.74) is 4.61. The first-order chi connectivity index (χ1) is 18.6. The zero-order chi connectivity index (χ0) is 25.9. The Labute approximate surface area is 222 Å². The second-order valence-corrected chi connectivity index (χ2v) is 10.2. The topological polar surface area (TPSA) is 102 Å². The standard InChI is InChI=1S/C29H33N7O2/c37-27(21-3-4-21)32-22-7-5-20(6-8-22)25-13-15-31-29(34-25)33-23-9-11-24(12-10-23)35-16-18-36(19-17-35)28(38)26-2-1-14-30-26/h5-13,15,21,26,30H,1-4,14,16-19H2,(H,32,37)(H,31,33,34)/t26-/m1/s1. The van der Waals surface area contributed by atoms with Crippen LogP contribution >= 0.6 is 0 Å². The van der Waals surface area contributed by atoms with Gasteiger partial charge in [-0.2, -0.15) is 0 Å². The number of aromatic nitrogens is 2. The minimum atomic E-state index is 0.00613. The second-order valence-electron chi connectivity index (χ2n) is 10.2. The first-order valence-electron chi connectivity index (χ1n) is 13.5. The van der Waals surface area contributed by atoms with Gasteiger partial charge in [0, 0.05) is 60.9 Å². The van der Waals surface area contributed by atoms with Crippen LogP contribution in [0.5, 0.6) is 0 Å². The molecule has 2 aliphatic heterocycles. The van der Waals surface area contributed by atoms with Crippen LogP contribution in [0.3, 0.4) is 0 Å². The van der Waals surface area contributed by atoms with Crippen LogP contribution in [0.1, 0.15) is 25.7 Å². The maximum atomic E-state index is 12.7. The lowest BCUT2D eigenvalue weighted by atomic mass is 10.1. The summed E-state index contributed by atoms with van der Waals surface area (Å²) in [6.07, 6.45) is 5.75. The van der Waals surface area contributed by atoms with E-state index >= 15 is 0 Å². The number of carbonyl (C=O) groups is 2. The van der Waals surface area contributed by atoms with E-state index < -0.39 is 0 Å². The summed E-state index contributed by atoms with van der Waals surface area (Å²) in [5, 5.41) is 9.58. The van der Waals surface area contributed by atoms with Crippen molar-refractivity contribution >= 4 is 34.8 Å². The molecule has 3 N–H and O–H groups in total. The Kier molecular flexibility index (Phi) is 6.92. The summed E-state index contributed by atoms with van der Waals surface area (Å²) < 4.78 is 0. The van der Waals surface area contributed by atoms with E-state index in [1.54, 1.807) is 6.20 Å². The molecule has 0 unspecified atom stereocenters. The van der Waals surface area contributed by atoms with Gasteiger partial charge in [-0.05, 0) is 74.7 Å². The number of hydrogen-bond acceptors (Lipinski definition) is 7. The van der Waals surface area contributed by atoms with E-state index in [9.17, 15) is 9.59 Å². The van der Waals surface area contributed by atoms with Crippen LogP contribution in [0.2, 0.25) is 0 Å². The molecule has 196 valence electrons. The number of amides is 2. The van der Waals surface area contributed by atoms with Crippen molar-refractivity contribution in [3.05, 3.63) is 60.8 Å². The maximum absolute atomic E-state index is 12.7. The van der Waals surface area contributed by atoms with Crippen LogP contribution in [0.25, 0.3) is 11.3 Å². The molecule has 9 heteroatoms. The molecule has 2 amide bonds. The molecule has 3 aromatic rings. The van der Waals surface area contributed by atoms with Crippen molar-refractivity contribution in [1.29, 1.82) is 0 Å². The number of anilines is 4. The van der Waals surface area contributed by atoms with Crippen LogP contribution in [0.4, 0.5) is 23.0 Å². The Balaban J connectivity index is 1.04. The van der Waals surface area contributed by atoms with E-state index in [1.165, 1.54) is 0 Å². The highest BCUT2D eigenvalue weighted by Gasteiger charge is 2.30. The Morgan fingerprint density at radius 2 is 1.61 bits per heavy atom. The molecule has 1 aromatic heterocycles. The lowest BCUT2D eigenvalue weighted by Gasteiger charge is -2.37. The highest BCUT2D eigenvalue weighted by Crippen LogP contribution is 2.30. The molecule has 2 saturated heterocycles. The first-order valence-corrected chi connectivity index (χ1v) is 13.5. The average Bonchev–Trinajstić information content (AvgIpc) is 3.68. The summed E-state index contributed by atoms with van der Waals surface area (Å²) in [6.45, 7) is 4.12. The Hall–Kier alpha value is -3.98. The van der Waals surface area contributed by atoms with Gasteiger partial charge in [-0.25, -0.2) is 9.97 Å². The molecule has 3 heterocycles. The monoisotopic (exact) mass is 511 g/mol. The summed E-state index contributed by atoms with van der Waals surface area (Å²) in [4.78, 5) is 38.0. The Morgan fingerprint density at radius 1 is 0.868 bits per heavy atom. The molecule has 9 nitrogen and oxygen atoms in total. The van der Waals surface area contributed by atoms with Crippen LogP contribution in [-0.4, -0.2) is 65.4 Å². The number of hydrogen-bond donors (Lipinski definition) is 3. The van der Waals surface area contributed by atoms with Crippen LogP contribution in [0.15, 0.2) is 60.8 Å². The lowest BCUT2D eigenvalue weighted by Crippen LogP contribution is -2.53. The summed E-state index contributed by atoms with van der Waals surface area (Å²) in [7, 11) is 0. The van der Waals surface area contributed by atoms with Crippen LogP contribution in [-0.2, 0) is 9.59 Å². The molecule has 38 heavy (non-hydrogen) atoms. The highest BCUT2D eigenvalue weighted by molar-refractivity contribution is 5.94. The van der Waals surface area contributed by atoms with Crippen LogP contribution in [0, 0.1) is 5.92 Å². The fraction of sp³-hybridized carbons (Fsp3) is 0.379. The number of carbonyl (C=O) groups excluding carboxylic acids is 2. The largest absolute Gasteiger partial charge is 0.368 e. The predicted octanol–water partition coefficient (Wildman–Crippen LogP) is 3.64. The lowest BCUT2D eigenvalue weighted by molar-refractivity contribution is -0.133. The minimum absolute atomic E-state index is 0.00613. The van der Waals surface area contributed by atoms with Gasteiger partial charge in [0.25, 0.3) is 0 Å². The van der Waals surface area contributed by atoms with E-state index in [0.717, 1.165) is 86.7 Å². The maximum Gasteiger partial charge on any atom is 0.239 e. The summed E-state index contributed by atoms with van der Waals surface area (Å²) in [5.74, 6) is 1.06. The summed E-state index contributed by atoms with van der Waals surface area (Å²) in [6, 6.07) is 17.9. The molecule has 6 rings (SSSR count). The van der Waals surface area contributed by atoms with E-state index in [2.05, 4.69) is 43.0 Å². The van der Waals surface area contributed by atoms with Gasteiger partial charge < -0.3 is 25.8 Å². The molecule has 0 spiro atoms. The number of nitrogens with zero attached hydrogens (tertiary/aromatic N) is 4. The molecule has 1 aliphatic carbocycles. The fourth-order valence-corrected chi connectivity index (χ4v) is 5.08. The third-order valence-corrected chi connectivity index (χ3v) is 7.49. The van der Waals surface area contributed by atoms with Gasteiger partial charge in [-0.15, -0.1) is 0 Å². The number of nitrogens with one attached hydrogen (secondary N) is 3. The van der Waals surface area contributed by atoms with Crippen molar-refractivity contribution in [2.24, 2.45) is 5.92 Å². The van der Waals surface area contributed by atoms with Crippen molar-refractivity contribution in [3.8, 4) is 11.3 Å². The van der Waals surface area contributed by atoms with Crippen molar-refractivity contribution in [2.75, 3.05) is 48.3 Å². The van der Waals surface area contributed by atoms with Gasteiger partial charge in [0.2, 0.25) is 17.8 Å². The molecule has 3 aliphatic rings. The van der Waals surface area contributed by atoms with Gasteiger partial charge in [0.1, 0.15) is 0 Å². The molecule has 2 aromatic carbocycles. The van der Waals surface area contributed by atoms with Gasteiger partial charge in [-0.3, -0.25) is 9.59 Å². The van der Waals surface area contributed by atoms with E-state index in [4.69, 9.17) is 0 Å². The van der Waals surface area contributed by atoms with Crippen molar-refractivity contribution in [1.82, 2.24) is 20.2 Å². The smallest absolute Gasteiger partial charge is 0.239 e. The van der Waals surface area contributed by atoms with E-state index in [0.29, 0.717) is 5.95 Å². The van der Waals surface area contributed by atoms with Crippen molar-refractivity contribution < 1.29 is 9.59 Å². The third kappa shape index (κ3) is 5.62. The van der Waals surface area contributed by atoms with Crippen molar-refractivity contribution in [3.63, 3.8) is 0 Å². The van der Waals surface area contributed by atoms with E-state index in [-0.39, 0.29) is 23.8 Å².